The summed E-state index contributed by atoms with van der Waals surface area (Å²) in [6.45, 7) is 3.19. The number of aliphatic hydroxyl groups is 1. The van der Waals surface area contributed by atoms with Crippen LogP contribution in [0, 0.1) is 0 Å². The molecule has 0 aromatic rings. The third-order valence-corrected chi connectivity index (χ3v) is 1.90. The van der Waals surface area contributed by atoms with Crippen LogP contribution in [0.25, 0.3) is 0 Å². The molecular weight excluding hydrogens is 183 g/mol. The van der Waals surface area contributed by atoms with Gasteiger partial charge in [-0.25, -0.2) is 4.57 Å². The Morgan fingerprint density at radius 3 is 2.67 bits per heavy atom. The molecule has 0 aliphatic heterocycles. The van der Waals surface area contributed by atoms with Crippen LogP contribution in [0.1, 0.15) is 6.42 Å². The zero-order valence-electron chi connectivity index (χ0n) is 6.68. The van der Waals surface area contributed by atoms with Crippen LogP contribution in [0.5, 0.6) is 0 Å². The van der Waals surface area contributed by atoms with Gasteiger partial charge in [0.25, 0.3) is 0 Å². The third kappa shape index (κ3) is 6.52. The molecule has 0 fully saturated rings. The van der Waals surface area contributed by atoms with Crippen molar-refractivity contribution in [3.8, 4) is 0 Å². The van der Waals surface area contributed by atoms with Crippen molar-refractivity contribution >= 4 is 7.82 Å². The van der Waals surface area contributed by atoms with E-state index in [1.165, 1.54) is 6.08 Å². The molecule has 1 unspecified atom stereocenters. The first-order valence-electron chi connectivity index (χ1n) is 3.46. The predicted molar refractivity (Wildman–Crippen MR) is 43.6 cm³/mol. The fraction of sp³-hybridized carbons (Fsp3) is 0.667. The first kappa shape index (κ1) is 11.8. The van der Waals surface area contributed by atoms with Gasteiger partial charge in [0.1, 0.15) is 0 Å². The average molecular weight is 196 g/mol. The second-order valence-electron chi connectivity index (χ2n) is 1.96. The van der Waals surface area contributed by atoms with Crippen LogP contribution in [-0.4, -0.2) is 29.8 Å². The van der Waals surface area contributed by atoms with Crippen LogP contribution in [0.2, 0.25) is 0 Å². The molecule has 0 rings (SSSR count). The van der Waals surface area contributed by atoms with Crippen LogP contribution in [0.4, 0.5) is 0 Å². The molecule has 0 heterocycles. The lowest BCUT2D eigenvalue weighted by molar-refractivity contribution is 0.149. The zero-order chi connectivity index (χ0) is 9.45. The van der Waals surface area contributed by atoms with E-state index in [1.54, 1.807) is 0 Å². The quantitative estimate of drug-likeness (QED) is 0.356. The largest absolute Gasteiger partial charge is 0.472 e. The van der Waals surface area contributed by atoms with E-state index in [1.807, 2.05) is 0 Å². The topological polar surface area (TPSA) is 76.0 Å². The lowest BCUT2D eigenvalue weighted by atomic mass is 10.5. The van der Waals surface area contributed by atoms with E-state index in [9.17, 15) is 4.57 Å². The molecule has 1 atom stereocenters. The highest BCUT2D eigenvalue weighted by atomic mass is 31.2. The van der Waals surface area contributed by atoms with Crippen molar-refractivity contribution in [1.82, 2.24) is 0 Å². The highest BCUT2D eigenvalue weighted by molar-refractivity contribution is 7.47. The maximum Gasteiger partial charge on any atom is 0.472 e. The summed E-state index contributed by atoms with van der Waals surface area (Å²) in [4.78, 5) is 8.85. The molecule has 0 saturated carbocycles. The van der Waals surface area contributed by atoms with Gasteiger partial charge < -0.3 is 10.00 Å². The lowest BCUT2D eigenvalue weighted by Crippen LogP contribution is -1.98. The maximum atomic E-state index is 10.8. The molecule has 0 amide bonds. The Morgan fingerprint density at radius 2 is 2.17 bits per heavy atom. The summed E-state index contributed by atoms with van der Waals surface area (Å²) in [5, 5.41) is 8.33. The highest BCUT2D eigenvalue weighted by Gasteiger charge is 2.19. The van der Waals surface area contributed by atoms with Crippen molar-refractivity contribution in [3.63, 3.8) is 0 Å². The SMILES string of the molecule is C=CCOP(=O)(O)OCCCO. The number of aliphatic hydroxyl groups excluding tert-OH is 1. The van der Waals surface area contributed by atoms with E-state index in [-0.39, 0.29) is 19.8 Å². The number of phosphoric ester groups is 1. The van der Waals surface area contributed by atoms with Crippen molar-refractivity contribution in [1.29, 1.82) is 0 Å². The molecule has 0 aliphatic rings. The van der Waals surface area contributed by atoms with E-state index >= 15 is 0 Å². The summed E-state index contributed by atoms with van der Waals surface area (Å²) in [6, 6.07) is 0. The van der Waals surface area contributed by atoms with Gasteiger partial charge in [0.2, 0.25) is 0 Å². The summed E-state index contributed by atoms with van der Waals surface area (Å²) in [6.07, 6.45) is 1.65. The first-order chi connectivity index (χ1) is 5.62. The van der Waals surface area contributed by atoms with E-state index < -0.39 is 7.82 Å². The average Bonchev–Trinajstić information content (AvgIpc) is 2.01. The third-order valence-electron chi connectivity index (χ3n) is 0.912. The van der Waals surface area contributed by atoms with Gasteiger partial charge in [-0.15, -0.1) is 6.58 Å². The van der Waals surface area contributed by atoms with Gasteiger partial charge in [0.15, 0.2) is 0 Å². The summed E-state index contributed by atoms with van der Waals surface area (Å²) >= 11 is 0. The Balaban J connectivity index is 3.56. The van der Waals surface area contributed by atoms with Crippen molar-refractivity contribution in [2.75, 3.05) is 19.8 Å². The van der Waals surface area contributed by atoms with E-state index in [0.29, 0.717) is 6.42 Å². The van der Waals surface area contributed by atoms with Crippen molar-refractivity contribution in [3.05, 3.63) is 12.7 Å². The van der Waals surface area contributed by atoms with Gasteiger partial charge in [-0.3, -0.25) is 9.05 Å². The number of hydrogen-bond donors (Lipinski definition) is 2. The molecule has 0 aliphatic carbocycles. The highest BCUT2D eigenvalue weighted by Crippen LogP contribution is 2.42. The predicted octanol–water partition coefficient (Wildman–Crippen LogP) is 0.688. The Hall–Kier alpha value is -0.190. The second-order valence-corrected chi connectivity index (χ2v) is 3.42. The number of hydrogen-bond acceptors (Lipinski definition) is 4. The minimum atomic E-state index is -3.92. The fourth-order valence-electron chi connectivity index (χ4n) is 0.429. The summed E-state index contributed by atoms with van der Waals surface area (Å²) in [5.41, 5.74) is 0. The number of rotatable bonds is 7. The molecule has 6 heteroatoms. The molecule has 72 valence electrons. The standard InChI is InChI=1S/C6H13O5P/c1-2-5-10-12(8,9)11-6-3-4-7/h2,7H,1,3-6H2,(H,8,9). The number of phosphoric acid groups is 1. The van der Waals surface area contributed by atoms with Gasteiger partial charge >= 0.3 is 7.82 Å². The minimum Gasteiger partial charge on any atom is -0.396 e. The summed E-state index contributed by atoms with van der Waals surface area (Å²) in [5.74, 6) is 0. The molecule has 5 nitrogen and oxygen atoms in total. The van der Waals surface area contributed by atoms with E-state index in [0.717, 1.165) is 0 Å². The molecule has 0 saturated heterocycles. The normalized spacial score (nSPS) is 15.5. The zero-order valence-corrected chi connectivity index (χ0v) is 7.57. The second kappa shape index (κ2) is 6.34. The van der Waals surface area contributed by atoms with E-state index in [2.05, 4.69) is 15.6 Å². The lowest BCUT2D eigenvalue weighted by Gasteiger charge is -2.09. The monoisotopic (exact) mass is 196 g/mol. The van der Waals surface area contributed by atoms with Crippen molar-refractivity contribution in [2.45, 2.75) is 6.42 Å². The molecule has 0 bridgehead atoms. The summed E-state index contributed by atoms with van der Waals surface area (Å²) in [7, 11) is -3.92. The van der Waals surface area contributed by atoms with Gasteiger partial charge in [-0.1, -0.05) is 6.08 Å². The molecule has 0 spiro atoms. The molecule has 0 radical (unpaired) electrons. The van der Waals surface area contributed by atoms with Gasteiger partial charge in [0.05, 0.1) is 13.2 Å². The molecule has 0 aromatic heterocycles. The molecular formula is C6H13O5P. The summed E-state index contributed by atoms with van der Waals surface area (Å²) < 4.78 is 19.7. The van der Waals surface area contributed by atoms with Gasteiger partial charge in [-0.2, -0.15) is 0 Å². The molecule has 12 heavy (non-hydrogen) atoms. The molecule has 2 N–H and O–H groups in total. The van der Waals surface area contributed by atoms with Crippen molar-refractivity contribution < 1.29 is 23.6 Å². The minimum absolute atomic E-state index is 0.00141. The Bertz CT molecular complexity index is 169. The van der Waals surface area contributed by atoms with Crippen LogP contribution < -0.4 is 0 Å². The van der Waals surface area contributed by atoms with E-state index in [4.69, 9.17) is 10.00 Å². The Labute approximate surface area is 71.2 Å². The van der Waals surface area contributed by atoms with Crippen LogP contribution in [0.3, 0.4) is 0 Å². The van der Waals surface area contributed by atoms with Gasteiger partial charge in [0, 0.05) is 6.61 Å². The maximum absolute atomic E-state index is 10.8. The van der Waals surface area contributed by atoms with Crippen LogP contribution in [0.15, 0.2) is 12.7 Å². The smallest absolute Gasteiger partial charge is 0.396 e. The van der Waals surface area contributed by atoms with Crippen LogP contribution >= 0.6 is 7.82 Å². The Morgan fingerprint density at radius 1 is 1.50 bits per heavy atom. The van der Waals surface area contributed by atoms with Crippen LogP contribution in [-0.2, 0) is 13.6 Å². The molecule has 0 aromatic carbocycles. The fourth-order valence-corrected chi connectivity index (χ4v) is 1.16. The Kier molecular flexibility index (Phi) is 6.24. The van der Waals surface area contributed by atoms with Crippen molar-refractivity contribution in [2.24, 2.45) is 0 Å². The first-order valence-corrected chi connectivity index (χ1v) is 4.95. The van der Waals surface area contributed by atoms with Gasteiger partial charge in [-0.05, 0) is 6.42 Å².